The first-order valence-corrected chi connectivity index (χ1v) is 10.0. The molecule has 2 aromatic heterocycles. The smallest absolute Gasteiger partial charge is 0.293 e. The first kappa shape index (κ1) is 16.9. The lowest BCUT2D eigenvalue weighted by Crippen LogP contribution is -2.48. The van der Waals surface area contributed by atoms with E-state index in [-0.39, 0.29) is 5.91 Å². The van der Waals surface area contributed by atoms with Crippen molar-refractivity contribution < 1.29 is 4.79 Å². The van der Waals surface area contributed by atoms with Crippen LogP contribution in [-0.4, -0.2) is 68.2 Å². The summed E-state index contributed by atoms with van der Waals surface area (Å²) in [6, 6.07) is 8.13. The fourth-order valence-corrected chi connectivity index (χ4v) is 4.07. The van der Waals surface area contributed by atoms with Crippen LogP contribution in [0.3, 0.4) is 0 Å². The number of aromatic nitrogens is 4. The Morgan fingerprint density at radius 2 is 1.88 bits per heavy atom. The number of likely N-dealkylation sites (N-methyl/N-ethyl adjacent to an activating group) is 1. The van der Waals surface area contributed by atoms with Gasteiger partial charge in [-0.1, -0.05) is 30.4 Å². The van der Waals surface area contributed by atoms with Gasteiger partial charge in [0.25, 0.3) is 5.91 Å². The van der Waals surface area contributed by atoms with Crippen LogP contribution < -0.4 is 0 Å². The number of hydrogen-bond donors (Lipinski definition) is 0. The summed E-state index contributed by atoms with van der Waals surface area (Å²) < 4.78 is 2.75. The Labute approximate surface area is 162 Å². The molecule has 1 aliphatic rings. The topological polar surface area (TPSA) is 66.6 Å². The largest absolute Gasteiger partial charge is 0.333 e. The molecule has 130 valence electrons. The lowest BCUT2D eigenvalue weighted by molar-refractivity contribution is 0.0628. The van der Waals surface area contributed by atoms with Gasteiger partial charge in [0.05, 0.1) is 0 Å². The molecule has 0 spiro atoms. The van der Waals surface area contributed by atoms with Gasteiger partial charge in [0, 0.05) is 35.3 Å². The van der Waals surface area contributed by atoms with Gasteiger partial charge in [-0.15, -0.1) is 10.2 Å². The first-order valence-electron chi connectivity index (χ1n) is 8.15. The van der Waals surface area contributed by atoms with Gasteiger partial charge in [-0.05, 0) is 41.3 Å². The molecule has 4 rings (SSSR count). The molecule has 0 bridgehead atoms. The van der Waals surface area contributed by atoms with Gasteiger partial charge in [0.2, 0.25) is 10.8 Å². The maximum atomic E-state index is 12.8. The van der Waals surface area contributed by atoms with Crippen LogP contribution in [-0.2, 0) is 0 Å². The van der Waals surface area contributed by atoms with E-state index in [1.807, 2.05) is 29.2 Å². The van der Waals surface area contributed by atoms with Gasteiger partial charge in [-0.2, -0.15) is 9.61 Å². The molecule has 1 aromatic carbocycles. The minimum atomic E-state index is -0.0947. The second-order valence-corrected chi connectivity index (χ2v) is 8.06. The van der Waals surface area contributed by atoms with E-state index in [0.29, 0.717) is 10.8 Å². The summed E-state index contributed by atoms with van der Waals surface area (Å²) in [6.45, 7) is 6.39. The molecule has 3 heterocycles. The quantitative estimate of drug-likeness (QED) is 0.552. The fraction of sp³-hybridized carbons (Fsp3) is 0.375. The van der Waals surface area contributed by atoms with Crippen molar-refractivity contribution >= 4 is 44.8 Å². The predicted octanol–water partition coefficient (Wildman–Crippen LogP) is 2.24. The Hall–Kier alpha value is -1.59. The summed E-state index contributed by atoms with van der Waals surface area (Å²) in [5, 5.41) is 13.6. The highest BCUT2D eigenvalue weighted by atomic mass is 127. The van der Waals surface area contributed by atoms with E-state index >= 15 is 0 Å². The highest BCUT2D eigenvalue weighted by molar-refractivity contribution is 14.1. The highest BCUT2D eigenvalue weighted by Crippen LogP contribution is 2.26. The third kappa shape index (κ3) is 3.27. The van der Waals surface area contributed by atoms with Gasteiger partial charge in [0.15, 0.2) is 0 Å². The van der Waals surface area contributed by atoms with Gasteiger partial charge in [0.1, 0.15) is 5.01 Å². The summed E-state index contributed by atoms with van der Waals surface area (Å²) in [5.41, 5.74) is 1.02. The average molecular weight is 468 g/mol. The summed E-state index contributed by atoms with van der Waals surface area (Å²) in [5.74, 6) is 0.204. The Kier molecular flexibility index (Phi) is 4.69. The van der Waals surface area contributed by atoms with Crippen LogP contribution >= 0.6 is 33.9 Å². The number of carbonyl (C=O) groups is 1. The van der Waals surface area contributed by atoms with E-state index in [9.17, 15) is 4.79 Å². The first-order chi connectivity index (χ1) is 12.2. The zero-order chi connectivity index (χ0) is 17.4. The Morgan fingerprint density at radius 1 is 1.16 bits per heavy atom. The third-order valence-electron chi connectivity index (χ3n) is 4.38. The lowest BCUT2D eigenvalue weighted by Gasteiger charge is -2.33. The maximum Gasteiger partial charge on any atom is 0.293 e. The van der Waals surface area contributed by atoms with E-state index in [0.717, 1.165) is 43.3 Å². The standard InChI is InChI=1S/C16H17IN6OS/c1-2-21-7-9-22(10-8-21)15(24)13-18-19-16-23(13)20-14(25-16)11-3-5-12(17)6-4-11/h3-6H,2,7-10H2,1H3. The summed E-state index contributed by atoms with van der Waals surface area (Å²) in [7, 11) is 0. The van der Waals surface area contributed by atoms with Gasteiger partial charge >= 0.3 is 0 Å². The molecule has 7 nitrogen and oxygen atoms in total. The van der Waals surface area contributed by atoms with E-state index in [2.05, 4.69) is 49.7 Å². The van der Waals surface area contributed by atoms with Crippen molar-refractivity contribution in [3.05, 3.63) is 33.7 Å². The lowest BCUT2D eigenvalue weighted by atomic mass is 10.2. The van der Waals surface area contributed by atoms with Crippen LogP contribution in [0.25, 0.3) is 15.5 Å². The van der Waals surface area contributed by atoms with E-state index in [4.69, 9.17) is 0 Å². The van der Waals surface area contributed by atoms with Crippen LogP contribution in [0.2, 0.25) is 0 Å². The number of hydrogen-bond acceptors (Lipinski definition) is 6. The predicted molar refractivity (Wildman–Crippen MR) is 105 cm³/mol. The molecule has 1 fully saturated rings. The van der Waals surface area contributed by atoms with Crippen molar-refractivity contribution in [1.29, 1.82) is 0 Å². The van der Waals surface area contributed by atoms with Crippen LogP contribution in [0.1, 0.15) is 17.5 Å². The van der Waals surface area contributed by atoms with E-state index in [1.165, 1.54) is 14.9 Å². The molecule has 3 aromatic rings. The number of fused-ring (bicyclic) bond motifs is 1. The maximum absolute atomic E-state index is 12.8. The molecule has 0 atom stereocenters. The normalized spacial score (nSPS) is 15.8. The zero-order valence-electron chi connectivity index (χ0n) is 13.7. The summed E-state index contributed by atoms with van der Waals surface area (Å²) >= 11 is 3.72. The van der Waals surface area contributed by atoms with Crippen molar-refractivity contribution in [3.8, 4) is 10.6 Å². The van der Waals surface area contributed by atoms with E-state index < -0.39 is 0 Å². The molecule has 0 N–H and O–H groups in total. The van der Waals surface area contributed by atoms with Crippen molar-refractivity contribution in [1.82, 2.24) is 29.6 Å². The second-order valence-electron chi connectivity index (χ2n) is 5.86. The molecular formula is C16H17IN6OS. The Morgan fingerprint density at radius 3 is 2.56 bits per heavy atom. The summed E-state index contributed by atoms with van der Waals surface area (Å²) in [4.78, 5) is 17.6. The number of amides is 1. The monoisotopic (exact) mass is 468 g/mol. The molecule has 0 radical (unpaired) electrons. The number of nitrogens with zero attached hydrogens (tertiary/aromatic N) is 6. The van der Waals surface area contributed by atoms with Crippen LogP contribution in [0.4, 0.5) is 0 Å². The van der Waals surface area contributed by atoms with Crippen molar-refractivity contribution in [2.24, 2.45) is 0 Å². The molecule has 0 unspecified atom stereocenters. The molecule has 0 aliphatic carbocycles. The van der Waals surface area contributed by atoms with Gasteiger partial charge < -0.3 is 9.80 Å². The minimum absolute atomic E-state index is 0.0947. The number of halogens is 1. The minimum Gasteiger partial charge on any atom is -0.333 e. The molecular weight excluding hydrogens is 451 g/mol. The molecule has 1 amide bonds. The molecule has 9 heteroatoms. The molecule has 1 aliphatic heterocycles. The van der Waals surface area contributed by atoms with Gasteiger partial charge in [-0.25, -0.2) is 0 Å². The number of benzene rings is 1. The molecule has 0 saturated carbocycles. The Balaban J connectivity index is 1.60. The second kappa shape index (κ2) is 6.96. The Bertz CT molecular complexity index is 897. The average Bonchev–Trinajstić information content (AvgIpc) is 3.22. The van der Waals surface area contributed by atoms with Crippen LogP contribution in [0, 0.1) is 3.57 Å². The van der Waals surface area contributed by atoms with Crippen molar-refractivity contribution in [2.75, 3.05) is 32.7 Å². The SMILES string of the molecule is CCN1CCN(C(=O)c2nnc3sc(-c4ccc(I)cc4)nn23)CC1. The van der Waals surface area contributed by atoms with Gasteiger partial charge in [-0.3, -0.25) is 4.79 Å². The number of piperazine rings is 1. The van der Waals surface area contributed by atoms with E-state index in [1.54, 1.807) is 4.52 Å². The highest BCUT2D eigenvalue weighted by Gasteiger charge is 2.26. The van der Waals surface area contributed by atoms with Crippen LogP contribution in [0.15, 0.2) is 24.3 Å². The summed E-state index contributed by atoms with van der Waals surface area (Å²) in [6.07, 6.45) is 0. The molecule has 25 heavy (non-hydrogen) atoms. The number of carbonyl (C=O) groups excluding carboxylic acids is 1. The van der Waals surface area contributed by atoms with Crippen molar-refractivity contribution in [2.45, 2.75) is 6.92 Å². The van der Waals surface area contributed by atoms with Crippen molar-refractivity contribution in [3.63, 3.8) is 0 Å². The zero-order valence-corrected chi connectivity index (χ0v) is 16.7. The van der Waals surface area contributed by atoms with Crippen LogP contribution in [0.5, 0.6) is 0 Å². The molecule has 1 saturated heterocycles. The fourth-order valence-electron chi connectivity index (χ4n) is 2.87. The number of rotatable bonds is 3. The third-order valence-corrected chi connectivity index (χ3v) is 6.05.